The van der Waals surface area contributed by atoms with Crippen LogP contribution in [0.15, 0.2) is 55.0 Å². The Bertz CT molecular complexity index is 1510. The number of rotatable bonds is 1. The van der Waals surface area contributed by atoms with Crippen LogP contribution in [-0.2, 0) is 7.05 Å². The van der Waals surface area contributed by atoms with Gasteiger partial charge >= 0.3 is 0 Å². The first kappa shape index (κ1) is 16.7. The molecule has 0 saturated heterocycles. The molecule has 0 spiro atoms. The Kier molecular flexibility index (Phi) is 3.58. The van der Waals surface area contributed by atoms with Gasteiger partial charge in [-0.15, -0.1) is 0 Å². The van der Waals surface area contributed by atoms with E-state index in [1.165, 1.54) is 0 Å². The van der Waals surface area contributed by atoms with Crippen molar-refractivity contribution < 1.29 is 0 Å². The van der Waals surface area contributed by atoms with Gasteiger partial charge in [-0.2, -0.15) is 0 Å². The van der Waals surface area contributed by atoms with E-state index in [0.717, 1.165) is 56.1 Å². The molecule has 0 saturated carbocycles. The first-order chi connectivity index (χ1) is 14.7. The largest absolute Gasteiger partial charge is 0.355 e. The van der Waals surface area contributed by atoms with E-state index in [2.05, 4.69) is 45.3 Å². The average Bonchev–Trinajstić information content (AvgIpc) is 3.51. The topological polar surface area (TPSA) is 75.2 Å². The van der Waals surface area contributed by atoms with E-state index in [4.69, 9.17) is 9.97 Å². The van der Waals surface area contributed by atoms with Crippen LogP contribution in [0.5, 0.6) is 0 Å². The van der Waals surface area contributed by atoms with Crippen molar-refractivity contribution >= 4 is 46.4 Å². The number of nitrogens with zero attached hydrogens (tertiary/aromatic N) is 4. The standard InChI is InChI=1S/C24H18N6/c1-30-14-25-13-24(30)22-11-21-10-19-5-4-17(27-19)8-15-2-3-16(26-15)9-18-6-7-20(28-18)12-23(22)29-21/h2-14,26,29H,1H3. The van der Waals surface area contributed by atoms with Crippen LogP contribution in [-0.4, -0.2) is 29.5 Å². The van der Waals surface area contributed by atoms with Gasteiger partial charge in [0.25, 0.3) is 0 Å². The molecule has 0 amide bonds. The second-order valence-electron chi connectivity index (χ2n) is 7.48. The zero-order valence-electron chi connectivity index (χ0n) is 16.3. The van der Waals surface area contributed by atoms with Crippen LogP contribution in [0.1, 0.15) is 22.8 Å². The fraction of sp³-hybridized carbons (Fsp3) is 0.0417. The van der Waals surface area contributed by atoms with E-state index in [-0.39, 0.29) is 0 Å². The molecule has 0 fully saturated rings. The molecule has 30 heavy (non-hydrogen) atoms. The summed E-state index contributed by atoms with van der Waals surface area (Å²) >= 11 is 0. The molecule has 2 N–H and O–H groups in total. The summed E-state index contributed by atoms with van der Waals surface area (Å²) in [6.45, 7) is 0. The molecule has 0 aliphatic carbocycles. The van der Waals surface area contributed by atoms with Crippen LogP contribution in [0.2, 0.25) is 0 Å². The Hall–Kier alpha value is -4.19. The number of aromatic nitrogens is 6. The van der Waals surface area contributed by atoms with Gasteiger partial charge in [0.05, 0.1) is 46.5 Å². The molecule has 6 heteroatoms. The lowest BCUT2D eigenvalue weighted by Gasteiger charge is -1.99. The lowest BCUT2D eigenvalue weighted by Crippen LogP contribution is -1.88. The average molecular weight is 390 g/mol. The number of aryl methyl sites for hydroxylation is 1. The van der Waals surface area contributed by atoms with Crippen molar-refractivity contribution in [1.29, 1.82) is 0 Å². The van der Waals surface area contributed by atoms with Crippen LogP contribution in [0.4, 0.5) is 0 Å². The Labute approximate surface area is 172 Å². The van der Waals surface area contributed by atoms with Crippen LogP contribution in [0, 0.1) is 0 Å². The van der Waals surface area contributed by atoms with Crippen LogP contribution < -0.4 is 0 Å². The van der Waals surface area contributed by atoms with Crippen LogP contribution >= 0.6 is 0 Å². The number of aromatic amines is 2. The normalized spacial score (nSPS) is 12.6. The molecule has 0 aromatic carbocycles. The second-order valence-corrected chi connectivity index (χ2v) is 7.48. The predicted octanol–water partition coefficient (Wildman–Crippen LogP) is 5.06. The lowest BCUT2D eigenvalue weighted by molar-refractivity contribution is 0.922. The molecule has 6 rings (SSSR count). The van der Waals surface area contributed by atoms with Gasteiger partial charge in [-0.05, 0) is 66.8 Å². The maximum atomic E-state index is 4.76. The van der Waals surface area contributed by atoms with Crippen LogP contribution in [0.3, 0.4) is 0 Å². The predicted molar refractivity (Wildman–Crippen MR) is 121 cm³/mol. The first-order valence-corrected chi connectivity index (χ1v) is 9.75. The van der Waals surface area contributed by atoms with Gasteiger partial charge in [-0.25, -0.2) is 15.0 Å². The van der Waals surface area contributed by atoms with Gasteiger partial charge in [0.1, 0.15) is 0 Å². The third-order valence-electron chi connectivity index (χ3n) is 5.26. The number of hydrogen-bond donors (Lipinski definition) is 2. The molecule has 0 atom stereocenters. The van der Waals surface area contributed by atoms with E-state index in [9.17, 15) is 0 Å². The van der Waals surface area contributed by atoms with E-state index in [0.29, 0.717) is 0 Å². The summed E-state index contributed by atoms with van der Waals surface area (Å²) in [5.74, 6) is 0. The fourth-order valence-electron chi connectivity index (χ4n) is 3.85. The van der Waals surface area contributed by atoms with E-state index in [1.807, 2.05) is 60.6 Å². The highest BCUT2D eigenvalue weighted by atomic mass is 15.0. The molecular weight excluding hydrogens is 372 g/mol. The van der Waals surface area contributed by atoms with Gasteiger partial charge in [-0.3, -0.25) is 0 Å². The molecule has 2 aliphatic rings. The SMILES string of the molecule is Cn1cncc1-c1cc2cc3nc(cc4ccc(cc5nc(cc1[nH]2)C=C5)[nH]4)C=C3. The Balaban J connectivity index is 1.70. The third-order valence-corrected chi connectivity index (χ3v) is 5.26. The van der Waals surface area contributed by atoms with E-state index in [1.54, 1.807) is 0 Å². The molecule has 2 aliphatic heterocycles. The van der Waals surface area contributed by atoms with E-state index >= 15 is 0 Å². The highest BCUT2D eigenvalue weighted by Crippen LogP contribution is 2.27. The summed E-state index contributed by atoms with van der Waals surface area (Å²) in [5, 5.41) is 0. The maximum absolute atomic E-state index is 4.76. The van der Waals surface area contributed by atoms with E-state index < -0.39 is 0 Å². The quantitative estimate of drug-likeness (QED) is 0.412. The molecule has 4 aromatic rings. The van der Waals surface area contributed by atoms with Crippen molar-refractivity contribution in [3.8, 4) is 11.3 Å². The summed E-state index contributed by atoms with van der Waals surface area (Å²) in [6, 6.07) is 14.4. The van der Waals surface area contributed by atoms with Crippen molar-refractivity contribution in [3.05, 3.63) is 77.8 Å². The number of nitrogens with one attached hydrogen (secondary N) is 2. The second kappa shape index (κ2) is 6.42. The minimum absolute atomic E-state index is 0.900. The summed E-state index contributed by atoms with van der Waals surface area (Å²) in [7, 11) is 2.00. The van der Waals surface area contributed by atoms with Gasteiger partial charge in [-0.1, -0.05) is 0 Å². The minimum atomic E-state index is 0.900. The Morgan fingerprint density at radius 3 is 1.90 bits per heavy atom. The van der Waals surface area contributed by atoms with Crippen molar-refractivity contribution in [2.45, 2.75) is 0 Å². The van der Waals surface area contributed by atoms with Crippen molar-refractivity contribution in [3.63, 3.8) is 0 Å². The summed E-state index contributed by atoms with van der Waals surface area (Å²) in [5.41, 5.74) is 9.74. The summed E-state index contributed by atoms with van der Waals surface area (Å²) in [6.07, 6.45) is 11.8. The Morgan fingerprint density at radius 1 is 0.700 bits per heavy atom. The van der Waals surface area contributed by atoms with Gasteiger partial charge in [0, 0.05) is 29.2 Å². The highest BCUT2D eigenvalue weighted by Gasteiger charge is 2.09. The molecule has 4 aromatic heterocycles. The third kappa shape index (κ3) is 2.95. The van der Waals surface area contributed by atoms with Gasteiger partial charge in [0.15, 0.2) is 0 Å². The lowest BCUT2D eigenvalue weighted by atomic mass is 10.2. The summed E-state index contributed by atoms with van der Waals surface area (Å²) in [4.78, 5) is 20.7. The monoisotopic (exact) mass is 390 g/mol. The number of imidazole rings is 1. The van der Waals surface area contributed by atoms with Crippen molar-refractivity contribution in [1.82, 2.24) is 29.5 Å². The molecule has 6 heterocycles. The fourth-order valence-corrected chi connectivity index (χ4v) is 3.85. The molecule has 6 nitrogen and oxygen atoms in total. The molecule has 8 bridgehead atoms. The number of fused-ring (bicyclic) bond motifs is 8. The minimum Gasteiger partial charge on any atom is -0.355 e. The number of H-pyrrole nitrogens is 2. The van der Waals surface area contributed by atoms with Gasteiger partial charge < -0.3 is 14.5 Å². The molecule has 144 valence electrons. The maximum Gasteiger partial charge on any atom is 0.0948 e. The number of hydrogen-bond acceptors (Lipinski definition) is 3. The zero-order chi connectivity index (χ0) is 20.1. The molecule has 0 radical (unpaired) electrons. The Morgan fingerprint density at radius 2 is 1.30 bits per heavy atom. The van der Waals surface area contributed by atoms with Crippen LogP contribution in [0.25, 0.3) is 57.6 Å². The smallest absolute Gasteiger partial charge is 0.0948 e. The van der Waals surface area contributed by atoms with Gasteiger partial charge in [0.2, 0.25) is 0 Å². The van der Waals surface area contributed by atoms with Crippen molar-refractivity contribution in [2.24, 2.45) is 7.05 Å². The molecule has 0 unspecified atom stereocenters. The zero-order valence-corrected chi connectivity index (χ0v) is 16.3. The molecular formula is C24H18N6. The highest BCUT2D eigenvalue weighted by molar-refractivity contribution is 5.86. The summed E-state index contributed by atoms with van der Waals surface area (Å²) < 4.78 is 2.01. The first-order valence-electron chi connectivity index (χ1n) is 9.75. The van der Waals surface area contributed by atoms with Crippen molar-refractivity contribution in [2.75, 3.05) is 0 Å².